The molecule has 0 heterocycles. The molecular weight excluding hydrogens is 352 g/mol. The molecule has 150 valence electrons. The Balaban J connectivity index is 2.71. The van der Waals surface area contributed by atoms with Crippen molar-refractivity contribution in [1.29, 1.82) is 0 Å². The first-order valence-corrected chi connectivity index (χ1v) is 8.83. The van der Waals surface area contributed by atoms with Crippen LogP contribution in [0.1, 0.15) is 32.8 Å². The summed E-state index contributed by atoms with van der Waals surface area (Å²) in [5.74, 6) is -1.47. The van der Waals surface area contributed by atoms with Gasteiger partial charge >= 0.3 is 12.1 Å². The summed E-state index contributed by atoms with van der Waals surface area (Å²) in [4.78, 5) is 36.4. The number of methoxy groups -OCH3 is 1. The lowest BCUT2D eigenvalue weighted by Gasteiger charge is -2.26. The molecule has 0 aliphatic rings. The van der Waals surface area contributed by atoms with Crippen molar-refractivity contribution in [3.63, 3.8) is 0 Å². The van der Waals surface area contributed by atoms with E-state index in [2.05, 4.69) is 10.6 Å². The number of alkyl carbamates (subject to hydrolysis) is 1. The van der Waals surface area contributed by atoms with Crippen molar-refractivity contribution < 1.29 is 29.0 Å². The van der Waals surface area contributed by atoms with Crippen LogP contribution in [0.5, 0.6) is 0 Å². The first-order chi connectivity index (χ1) is 12.8. The van der Waals surface area contributed by atoms with E-state index < -0.39 is 36.2 Å². The first kappa shape index (κ1) is 22.4. The summed E-state index contributed by atoms with van der Waals surface area (Å²) >= 11 is 0. The molecule has 0 fully saturated rings. The van der Waals surface area contributed by atoms with Gasteiger partial charge in [-0.2, -0.15) is 0 Å². The van der Waals surface area contributed by atoms with Gasteiger partial charge in [-0.25, -0.2) is 9.59 Å². The zero-order valence-corrected chi connectivity index (χ0v) is 16.1. The fourth-order valence-corrected chi connectivity index (χ4v) is 2.34. The number of aliphatic hydroxyl groups excluding tert-OH is 1. The molecular formula is C19H28N2O6. The van der Waals surface area contributed by atoms with Gasteiger partial charge in [0.15, 0.2) is 0 Å². The number of benzene rings is 1. The summed E-state index contributed by atoms with van der Waals surface area (Å²) in [5, 5.41) is 14.7. The third kappa shape index (κ3) is 7.26. The van der Waals surface area contributed by atoms with Crippen LogP contribution < -0.4 is 10.6 Å². The Bertz CT molecular complexity index is 620. The summed E-state index contributed by atoms with van der Waals surface area (Å²) in [7, 11) is 1.23. The van der Waals surface area contributed by atoms with E-state index in [9.17, 15) is 19.5 Å². The fourth-order valence-electron chi connectivity index (χ4n) is 2.34. The Morgan fingerprint density at radius 1 is 1.07 bits per heavy atom. The van der Waals surface area contributed by atoms with Crippen LogP contribution in [0.25, 0.3) is 0 Å². The standard InChI is InChI=1S/C19H28N2O6/c1-5-12(2)15(18(24)26-4)20-17(23)16(13(3)22)21-19(25)27-11-14-9-7-6-8-10-14/h6-10,12-13,15-16,22H,5,11H2,1-4H3,(H,20,23)(H,21,25)/t12-,13+,15-,16-/m0/s1. The first-order valence-electron chi connectivity index (χ1n) is 8.83. The average molecular weight is 380 g/mol. The van der Waals surface area contributed by atoms with Crippen molar-refractivity contribution >= 4 is 18.0 Å². The van der Waals surface area contributed by atoms with Crippen LogP contribution in [-0.2, 0) is 25.7 Å². The number of ether oxygens (including phenoxy) is 2. The molecule has 0 radical (unpaired) electrons. The van der Waals surface area contributed by atoms with Crippen LogP contribution in [0, 0.1) is 5.92 Å². The average Bonchev–Trinajstić information content (AvgIpc) is 2.67. The van der Waals surface area contributed by atoms with Gasteiger partial charge in [-0.05, 0) is 18.4 Å². The molecule has 4 atom stereocenters. The maximum Gasteiger partial charge on any atom is 0.408 e. The van der Waals surface area contributed by atoms with Gasteiger partial charge in [0, 0.05) is 0 Å². The van der Waals surface area contributed by atoms with Crippen molar-refractivity contribution in [1.82, 2.24) is 10.6 Å². The predicted molar refractivity (Wildman–Crippen MR) is 98.6 cm³/mol. The summed E-state index contributed by atoms with van der Waals surface area (Å²) in [6.07, 6.45) is -1.41. The van der Waals surface area contributed by atoms with Crippen LogP contribution in [-0.4, -0.2) is 48.4 Å². The third-order valence-corrected chi connectivity index (χ3v) is 4.22. The molecule has 1 aromatic carbocycles. The van der Waals surface area contributed by atoms with Gasteiger partial charge < -0.3 is 25.2 Å². The number of hydrogen-bond acceptors (Lipinski definition) is 6. The number of rotatable bonds is 9. The molecule has 0 saturated heterocycles. The number of nitrogens with one attached hydrogen (secondary N) is 2. The Morgan fingerprint density at radius 2 is 1.70 bits per heavy atom. The van der Waals surface area contributed by atoms with E-state index in [1.807, 2.05) is 25.1 Å². The molecule has 27 heavy (non-hydrogen) atoms. The molecule has 0 spiro atoms. The molecule has 8 nitrogen and oxygen atoms in total. The lowest BCUT2D eigenvalue weighted by molar-refractivity contribution is -0.147. The Kier molecular flexibility index (Phi) is 9.29. The largest absolute Gasteiger partial charge is 0.467 e. The number of amides is 2. The van der Waals surface area contributed by atoms with Gasteiger partial charge in [-0.1, -0.05) is 50.6 Å². The number of carbonyl (C=O) groups is 3. The predicted octanol–water partition coefficient (Wildman–Crippen LogP) is 1.37. The van der Waals surface area contributed by atoms with E-state index >= 15 is 0 Å². The summed E-state index contributed by atoms with van der Waals surface area (Å²) in [6, 6.07) is 6.89. The molecule has 8 heteroatoms. The monoisotopic (exact) mass is 380 g/mol. The van der Waals surface area contributed by atoms with E-state index in [4.69, 9.17) is 9.47 Å². The Labute approximate surface area is 159 Å². The van der Waals surface area contributed by atoms with E-state index in [0.717, 1.165) is 5.56 Å². The summed E-state index contributed by atoms with van der Waals surface area (Å²) in [6.45, 7) is 5.05. The summed E-state index contributed by atoms with van der Waals surface area (Å²) < 4.78 is 9.79. The zero-order chi connectivity index (χ0) is 20.4. The van der Waals surface area contributed by atoms with Crippen molar-refractivity contribution in [2.24, 2.45) is 5.92 Å². The van der Waals surface area contributed by atoms with Gasteiger partial charge in [0.05, 0.1) is 13.2 Å². The number of carbonyl (C=O) groups excluding carboxylic acids is 3. The number of aliphatic hydroxyl groups is 1. The summed E-state index contributed by atoms with van der Waals surface area (Å²) in [5.41, 5.74) is 0.785. The van der Waals surface area contributed by atoms with Crippen LogP contribution in [0.4, 0.5) is 4.79 Å². The molecule has 2 amide bonds. The molecule has 0 aliphatic heterocycles. The molecule has 3 N–H and O–H groups in total. The molecule has 0 bridgehead atoms. The minimum absolute atomic E-state index is 0.0263. The van der Waals surface area contributed by atoms with Crippen molar-refractivity contribution in [3.8, 4) is 0 Å². The number of esters is 1. The highest BCUT2D eigenvalue weighted by atomic mass is 16.5. The second-order valence-electron chi connectivity index (χ2n) is 6.32. The van der Waals surface area contributed by atoms with E-state index in [0.29, 0.717) is 6.42 Å². The highest BCUT2D eigenvalue weighted by molar-refractivity contribution is 5.90. The third-order valence-electron chi connectivity index (χ3n) is 4.22. The molecule has 1 aromatic rings. The van der Waals surface area contributed by atoms with E-state index in [1.54, 1.807) is 19.1 Å². The lowest BCUT2D eigenvalue weighted by atomic mass is 9.98. The van der Waals surface area contributed by atoms with E-state index in [-0.39, 0.29) is 12.5 Å². The van der Waals surface area contributed by atoms with Crippen LogP contribution >= 0.6 is 0 Å². The SMILES string of the molecule is CC[C@H](C)[C@H](NC(=O)[C@@H](NC(=O)OCc1ccccc1)[C@@H](C)O)C(=O)OC. The maximum absolute atomic E-state index is 12.5. The van der Waals surface area contributed by atoms with Gasteiger partial charge in [0.1, 0.15) is 18.7 Å². The fraction of sp³-hybridized carbons (Fsp3) is 0.526. The molecule has 1 rings (SSSR count). The maximum atomic E-state index is 12.5. The van der Waals surface area contributed by atoms with Gasteiger partial charge in [-0.15, -0.1) is 0 Å². The smallest absolute Gasteiger partial charge is 0.408 e. The minimum Gasteiger partial charge on any atom is -0.467 e. The Hall–Kier alpha value is -2.61. The molecule has 0 saturated carbocycles. The van der Waals surface area contributed by atoms with Gasteiger partial charge in [-0.3, -0.25) is 4.79 Å². The topological polar surface area (TPSA) is 114 Å². The highest BCUT2D eigenvalue weighted by Gasteiger charge is 2.32. The molecule has 0 aliphatic carbocycles. The quantitative estimate of drug-likeness (QED) is 0.558. The van der Waals surface area contributed by atoms with Crippen LogP contribution in [0.15, 0.2) is 30.3 Å². The lowest BCUT2D eigenvalue weighted by Crippen LogP contribution is -2.57. The van der Waals surface area contributed by atoms with Crippen molar-refractivity contribution in [2.45, 2.75) is 52.0 Å². The van der Waals surface area contributed by atoms with Gasteiger partial charge in [0.25, 0.3) is 0 Å². The second-order valence-corrected chi connectivity index (χ2v) is 6.32. The van der Waals surface area contributed by atoms with Crippen LogP contribution in [0.3, 0.4) is 0 Å². The number of hydrogen-bond donors (Lipinski definition) is 3. The minimum atomic E-state index is -1.27. The van der Waals surface area contributed by atoms with Crippen LogP contribution in [0.2, 0.25) is 0 Å². The highest BCUT2D eigenvalue weighted by Crippen LogP contribution is 2.10. The normalized spacial score (nSPS) is 15.0. The zero-order valence-electron chi connectivity index (χ0n) is 16.1. The van der Waals surface area contributed by atoms with E-state index in [1.165, 1.54) is 14.0 Å². The van der Waals surface area contributed by atoms with Crippen molar-refractivity contribution in [3.05, 3.63) is 35.9 Å². The molecule has 0 aromatic heterocycles. The Morgan fingerprint density at radius 3 is 2.22 bits per heavy atom. The van der Waals surface area contributed by atoms with Gasteiger partial charge in [0.2, 0.25) is 5.91 Å². The molecule has 0 unspecified atom stereocenters. The van der Waals surface area contributed by atoms with Crippen molar-refractivity contribution in [2.75, 3.05) is 7.11 Å². The second kappa shape index (κ2) is 11.2.